The zero-order valence-electron chi connectivity index (χ0n) is 8.75. The van der Waals surface area contributed by atoms with Crippen LogP contribution in [-0.4, -0.2) is 23.9 Å². The number of oxime groups is 1. The maximum Gasteiger partial charge on any atom is 0.354 e. The van der Waals surface area contributed by atoms with E-state index in [9.17, 15) is 4.79 Å². The Balaban J connectivity index is 2.85. The van der Waals surface area contributed by atoms with Crippen molar-refractivity contribution in [2.24, 2.45) is 10.6 Å². The number of hydrogen-bond acceptors (Lipinski definition) is 3. The van der Waals surface area contributed by atoms with Crippen molar-refractivity contribution in [1.82, 2.24) is 0 Å². The van der Waals surface area contributed by atoms with Gasteiger partial charge in [0.05, 0.1) is 0 Å². The van der Waals surface area contributed by atoms with E-state index in [4.69, 9.17) is 5.11 Å². The molecule has 0 saturated heterocycles. The standard InChI is InChI=1S/C10H17NO3/c1-10(6-4-3-5-7-10)8(9(12)13)11-14-2/h3-7H2,1-2H3,(H,12,13). The minimum atomic E-state index is -0.962. The van der Waals surface area contributed by atoms with Gasteiger partial charge in [-0.05, 0) is 12.8 Å². The fourth-order valence-electron chi connectivity index (χ4n) is 2.07. The van der Waals surface area contributed by atoms with Gasteiger partial charge in [0, 0.05) is 5.41 Å². The van der Waals surface area contributed by atoms with Gasteiger partial charge in [0.1, 0.15) is 7.11 Å². The van der Waals surface area contributed by atoms with Gasteiger partial charge in [0.15, 0.2) is 5.71 Å². The lowest BCUT2D eigenvalue weighted by Gasteiger charge is -2.32. The van der Waals surface area contributed by atoms with Crippen LogP contribution in [0.15, 0.2) is 5.16 Å². The molecule has 0 amide bonds. The zero-order valence-corrected chi connectivity index (χ0v) is 8.75. The van der Waals surface area contributed by atoms with Gasteiger partial charge in [-0.2, -0.15) is 0 Å². The molecule has 1 N–H and O–H groups in total. The van der Waals surface area contributed by atoms with Gasteiger partial charge in [-0.15, -0.1) is 0 Å². The van der Waals surface area contributed by atoms with Crippen molar-refractivity contribution < 1.29 is 14.7 Å². The summed E-state index contributed by atoms with van der Waals surface area (Å²) in [5, 5.41) is 12.6. The van der Waals surface area contributed by atoms with Crippen LogP contribution in [-0.2, 0) is 9.63 Å². The lowest BCUT2D eigenvalue weighted by molar-refractivity contribution is -0.130. The summed E-state index contributed by atoms with van der Waals surface area (Å²) in [6.07, 6.45) is 5.12. The van der Waals surface area contributed by atoms with Crippen LogP contribution in [0.3, 0.4) is 0 Å². The van der Waals surface area contributed by atoms with Gasteiger partial charge in [0.25, 0.3) is 0 Å². The van der Waals surface area contributed by atoms with Gasteiger partial charge in [0.2, 0.25) is 0 Å². The summed E-state index contributed by atoms with van der Waals surface area (Å²) in [6.45, 7) is 1.96. The van der Waals surface area contributed by atoms with Crippen LogP contribution in [0.2, 0.25) is 0 Å². The summed E-state index contributed by atoms with van der Waals surface area (Å²) in [5.74, 6) is -0.962. The molecule has 1 aliphatic carbocycles. The Morgan fingerprint density at radius 1 is 1.36 bits per heavy atom. The first-order valence-corrected chi connectivity index (χ1v) is 4.95. The van der Waals surface area contributed by atoms with Crippen LogP contribution in [0.1, 0.15) is 39.0 Å². The Bertz CT molecular complexity index is 242. The Kier molecular flexibility index (Phi) is 3.49. The number of carbonyl (C=O) groups is 1. The molecule has 80 valence electrons. The van der Waals surface area contributed by atoms with E-state index in [0.29, 0.717) is 0 Å². The van der Waals surface area contributed by atoms with Gasteiger partial charge < -0.3 is 9.94 Å². The largest absolute Gasteiger partial charge is 0.477 e. The Morgan fingerprint density at radius 3 is 2.36 bits per heavy atom. The summed E-state index contributed by atoms with van der Waals surface area (Å²) in [6, 6.07) is 0. The molecule has 14 heavy (non-hydrogen) atoms. The van der Waals surface area contributed by atoms with Crippen molar-refractivity contribution in [3.05, 3.63) is 0 Å². The van der Waals surface area contributed by atoms with Crippen molar-refractivity contribution in [2.75, 3.05) is 7.11 Å². The smallest absolute Gasteiger partial charge is 0.354 e. The monoisotopic (exact) mass is 199 g/mol. The molecule has 0 aromatic carbocycles. The second-order valence-electron chi connectivity index (χ2n) is 4.05. The van der Waals surface area contributed by atoms with Crippen molar-refractivity contribution in [2.45, 2.75) is 39.0 Å². The highest BCUT2D eigenvalue weighted by Crippen LogP contribution is 2.37. The van der Waals surface area contributed by atoms with E-state index in [2.05, 4.69) is 9.99 Å². The minimum Gasteiger partial charge on any atom is -0.477 e. The maximum absolute atomic E-state index is 11.0. The molecule has 0 radical (unpaired) electrons. The highest BCUT2D eigenvalue weighted by Gasteiger charge is 2.37. The molecule has 0 aliphatic heterocycles. The van der Waals surface area contributed by atoms with E-state index in [0.717, 1.165) is 25.7 Å². The normalized spacial score (nSPS) is 21.7. The van der Waals surface area contributed by atoms with Crippen LogP contribution >= 0.6 is 0 Å². The predicted octanol–water partition coefficient (Wildman–Crippen LogP) is 2.04. The van der Waals surface area contributed by atoms with Gasteiger partial charge in [-0.1, -0.05) is 31.3 Å². The molecule has 0 atom stereocenters. The van der Waals surface area contributed by atoms with E-state index >= 15 is 0 Å². The minimum absolute atomic E-state index is 0.166. The van der Waals surface area contributed by atoms with E-state index in [1.807, 2.05) is 6.92 Å². The SMILES string of the molecule is CON=C(C(=O)O)C1(C)CCCCC1. The first-order chi connectivity index (χ1) is 6.60. The second kappa shape index (κ2) is 4.44. The third-order valence-corrected chi connectivity index (χ3v) is 2.91. The summed E-state index contributed by atoms with van der Waals surface area (Å²) in [7, 11) is 1.38. The van der Waals surface area contributed by atoms with E-state index in [1.165, 1.54) is 13.5 Å². The Labute approximate surface area is 83.9 Å². The lowest BCUT2D eigenvalue weighted by atomic mass is 9.72. The van der Waals surface area contributed by atoms with Crippen molar-refractivity contribution in [1.29, 1.82) is 0 Å². The Morgan fingerprint density at radius 2 is 1.93 bits per heavy atom. The summed E-state index contributed by atoms with van der Waals surface area (Å²) < 4.78 is 0. The predicted molar refractivity (Wildman–Crippen MR) is 53.3 cm³/mol. The first kappa shape index (κ1) is 11.0. The topological polar surface area (TPSA) is 58.9 Å². The fourth-order valence-corrected chi connectivity index (χ4v) is 2.07. The summed E-state index contributed by atoms with van der Waals surface area (Å²) in [5.41, 5.74) is -0.139. The molecule has 1 aliphatic rings. The van der Waals surface area contributed by atoms with E-state index < -0.39 is 5.97 Å². The van der Waals surface area contributed by atoms with Crippen molar-refractivity contribution in [3.8, 4) is 0 Å². The third kappa shape index (κ3) is 2.25. The quantitative estimate of drug-likeness (QED) is 0.559. The van der Waals surface area contributed by atoms with Crippen LogP contribution in [0.25, 0.3) is 0 Å². The molecule has 0 spiro atoms. The molecular weight excluding hydrogens is 182 g/mol. The first-order valence-electron chi connectivity index (χ1n) is 4.95. The Hall–Kier alpha value is -1.06. The number of hydrogen-bond donors (Lipinski definition) is 1. The molecule has 0 heterocycles. The van der Waals surface area contributed by atoms with Crippen molar-refractivity contribution >= 4 is 11.7 Å². The number of carboxylic acids is 1. The molecule has 0 unspecified atom stereocenters. The molecule has 0 aromatic heterocycles. The summed E-state index contributed by atoms with van der Waals surface area (Å²) in [4.78, 5) is 15.6. The van der Waals surface area contributed by atoms with Crippen LogP contribution in [0, 0.1) is 5.41 Å². The molecular formula is C10H17NO3. The molecule has 0 bridgehead atoms. The van der Waals surface area contributed by atoms with Crippen molar-refractivity contribution in [3.63, 3.8) is 0 Å². The molecule has 1 fully saturated rings. The van der Waals surface area contributed by atoms with E-state index in [-0.39, 0.29) is 11.1 Å². The molecule has 4 nitrogen and oxygen atoms in total. The second-order valence-corrected chi connectivity index (χ2v) is 4.05. The number of rotatable bonds is 3. The number of carboxylic acid groups (broad SMARTS) is 1. The highest BCUT2D eigenvalue weighted by atomic mass is 16.6. The van der Waals surface area contributed by atoms with Crippen LogP contribution in [0.5, 0.6) is 0 Å². The fraction of sp³-hybridized carbons (Fsp3) is 0.800. The average molecular weight is 199 g/mol. The third-order valence-electron chi connectivity index (χ3n) is 2.91. The van der Waals surface area contributed by atoms with E-state index in [1.54, 1.807) is 0 Å². The number of aliphatic carboxylic acids is 1. The van der Waals surface area contributed by atoms with Gasteiger partial charge in [-0.25, -0.2) is 4.79 Å². The maximum atomic E-state index is 11.0. The van der Waals surface area contributed by atoms with Gasteiger partial charge >= 0.3 is 5.97 Å². The summed E-state index contributed by atoms with van der Waals surface area (Å²) >= 11 is 0. The molecule has 1 rings (SSSR count). The number of nitrogens with zero attached hydrogens (tertiary/aromatic N) is 1. The van der Waals surface area contributed by atoms with Gasteiger partial charge in [-0.3, -0.25) is 0 Å². The zero-order chi connectivity index (χ0) is 10.6. The molecule has 4 heteroatoms. The average Bonchev–Trinajstić information content (AvgIpc) is 2.14. The van der Waals surface area contributed by atoms with Crippen LogP contribution in [0.4, 0.5) is 0 Å². The van der Waals surface area contributed by atoms with Crippen LogP contribution < -0.4 is 0 Å². The highest BCUT2D eigenvalue weighted by molar-refractivity contribution is 6.37. The molecule has 1 saturated carbocycles. The lowest BCUT2D eigenvalue weighted by Crippen LogP contribution is -2.36. The molecule has 0 aromatic rings.